The van der Waals surface area contributed by atoms with Gasteiger partial charge in [0.15, 0.2) is 0 Å². The number of hydrogen-bond donors (Lipinski definition) is 1. The summed E-state index contributed by atoms with van der Waals surface area (Å²) < 4.78 is 5.28. The third kappa shape index (κ3) is 2.78. The van der Waals surface area contributed by atoms with Crippen LogP contribution in [0.4, 0.5) is 5.69 Å². The predicted molar refractivity (Wildman–Crippen MR) is 99.1 cm³/mol. The van der Waals surface area contributed by atoms with Crippen molar-refractivity contribution in [3.8, 4) is 0 Å². The number of carbonyl (C=O) groups is 1. The van der Waals surface area contributed by atoms with Crippen LogP contribution in [0.25, 0.3) is 21.7 Å². The molecule has 0 saturated carbocycles. The summed E-state index contributed by atoms with van der Waals surface area (Å²) in [5, 5.41) is 5.48. The molecular weight excluding hydrogens is 314 g/mol. The molecule has 4 heteroatoms. The normalized spacial score (nSPS) is 10.9. The number of rotatable bonds is 2. The lowest BCUT2D eigenvalue weighted by atomic mass is 10.1. The second-order valence-electron chi connectivity index (χ2n) is 5.97. The zero-order valence-corrected chi connectivity index (χ0v) is 13.6. The van der Waals surface area contributed by atoms with Crippen LogP contribution in [0.15, 0.2) is 75.9 Å². The molecule has 0 saturated heterocycles. The van der Waals surface area contributed by atoms with Crippen molar-refractivity contribution < 1.29 is 9.21 Å². The fourth-order valence-corrected chi connectivity index (χ4v) is 2.93. The summed E-state index contributed by atoms with van der Waals surface area (Å²) in [5.41, 5.74) is 1.51. The van der Waals surface area contributed by atoms with Gasteiger partial charge in [0.25, 0.3) is 5.91 Å². The maximum atomic E-state index is 12.6. The van der Waals surface area contributed by atoms with Crippen molar-refractivity contribution in [1.29, 1.82) is 0 Å². The van der Waals surface area contributed by atoms with Crippen molar-refractivity contribution in [2.45, 2.75) is 6.92 Å². The summed E-state index contributed by atoms with van der Waals surface area (Å²) >= 11 is 0. The molecule has 4 nitrogen and oxygen atoms in total. The number of benzene rings is 3. The fraction of sp³-hybridized carbons (Fsp3) is 0.0476. The van der Waals surface area contributed by atoms with Crippen molar-refractivity contribution in [3.63, 3.8) is 0 Å². The first kappa shape index (κ1) is 15.1. The van der Waals surface area contributed by atoms with E-state index in [0.29, 0.717) is 11.3 Å². The number of carbonyl (C=O) groups excluding carboxylic acids is 1. The first-order valence-corrected chi connectivity index (χ1v) is 7.95. The molecule has 0 unspecified atom stereocenters. The van der Waals surface area contributed by atoms with Crippen LogP contribution < -0.4 is 10.9 Å². The molecule has 122 valence electrons. The predicted octanol–water partition coefficient (Wildman–Crippen LogP) is 4.51. The van der Waals surface area contributed by atoms with E-state index in [1.165, 1.54) is 0 Å². The van der Waals surface area contributed by atoms with Crippen molar-refractivity contribution in [2.24, 2.45) is 0 Å². The Balaban J connectivity index is 1.77. The Morgan fingerprint density at radius 1 is 0.920 bits per heavy atom. The number of fused-ring (bicyclic) bond motifs is 2. The molecule has 0 atom stereocenters. The second kappa shape index (κ2) is 5.91. The standard InChI is InChI=1S/C21H15NO3/c1-13-9-10-19-15(11-13)12-17(21(24)25-19)20(23)22-18-8-4-6-14-5-2-3-7-16(14)18/h2-12H,1H3,(H,22,23). The molecule has 0 fully saturated rings. The largest absolute Gasteiger partial charge is 0.422 e. The lowest BCUT2D eigenvalue weighted by Gasteiger charge is -2.08. The van der Waals surface area contributed by atoms with Gasteiger partial charge >= 0.3 is 5.63 Å². The van der Waals surface area contributed by atoms with E-state index in [9.17, 15) is 9.59 Å². The molecule has 0 aliphatic heterocycles. The molecule has 0 bridgehead atoms. The van der Waals surface area contributed by atoms with E-state index >= 15 is 0 Å². The molecule has 0 aliphatic rings. The minimum Gasteiger partial charge on any atom is -0.422 e. The van der Waals surface area contributed by atoms with Crippen molar-refractivity contribution in [1.82, 2.24) is 0 Å². The van der Waals surface area contributed by atoms with Gasteiger partial charge in [-0.25, -0.2) is 4.79 Å². The van der Waals surface area contributed by atoms with Crippen LogP contribution >= 0.6 is 0 Å². The summed E-state index contributed by atoms with van der Waals surface area (Å²) in [4.78, 5) is 24.8. The van der Waals surface area contributed by atoms with Crippen molar-refractivity contribution >= 4 is 33.3 Å². The van der Waals surface area contributed by atoms with Gasteiger partial charge in [0.2, 0.25) is 0 Å². The Bertz CT molecular complexity index is 1170. The number of aryl methyl sites for hydroxylation is 1. The third-order valence-corrected chi connectivity index (χ3v) is 4.17. The smallest absolute Gasteiger partial charge is 0.349 e. The number of hydrogen-bond acceptors (Lipinski definition) is 3. The molecule has 1 heterocycles. The van der Waals surface area contributed by atoms with E-state index in [-0.39, 0.29) is 5.56 Å². The van der Waals surface area contributed by atoms with Gasteiger partial charge in [-0.1, -0.05) is 48.0 Å². The zero-order chi connectivity index (χ0) is 17.4. The van der Waals surface area contributed by atoms with Gasteiger partial charge in [-0.2, -0.15) is 0 Å². The summed E-state index contributed by atoms with van der Waals surface area (Å²) in [5.74, 6) is -0.478. The highest BCUT2D eigenvalue weighted by molar-refractivity contribution is 6.09. The van der Waals surface area contributed by atoms with Crippen molar-refractivity contribution in [3.05, 3.63) is 88.3 Å². The summed E-state index contributed by atoms with van der Waals surface area (Å²) in [6.45, 7) is 1.94. The first-order valence-electron chi connectivity index (χ1n) is 7.95. The van der Waals surface area contributed by atoms with Crippen LogP contribution in [0.3, 0.4) is 0 Å². The number of anilines is 1. The molecule has 4 aromatic rings. The van der Waals surface area contributed by atoms with Crippen LogP contribution in [0.1, 0.15) is 15.9 Å². The molecule has 25 heavy (non-hydrogen) atoms. The van der Waals surface area contributed by atoms with E-state index in [1.54, 1.807) is 12.1 Å². The molecule has 1 N–H and O–H groups in total. The van der Waals surface area contributed by atoms with Crippen LogP contribution in [0, 0.1) is 6.92 Å². The minimum atomic E-state index is -0.644. The Morgan fingerprint density at radius 3 is 2.60 bits per heavy atom. The van der Waals surface area contributed by atoms with E-state index in [0.717, 1.165) is 21.7 Å². The molecule has 4 rings (SSSR count). The topological polar surface area (TPSA) is 59.3 Å². The molecule has 3 aromatic carbocycles. The highest BCUT2D eigenvalue weighted by Gasteiger charge is 2.15. The monoisotopic (exact) mass is 329 g/mol. The highest BCUT2D eigenvalue weighted by atomic mass is 16.4. The highest BCUT2D eigenvalue weighted by Crippen LogP contribution is 2.23. The Kier molecular flexibility index (Phi) is 3.58. The average molecular weight is 329 g/mol. The quantitative estimate of drug-likeness (QED) is 0.551. The average Bonchev–Trinajstić information content (AvgIpc) is 2.62. The third-order valence-electron chi connectivity index (χ3n) is 4.17. The second-order valence-corrected chi connectivity index (χ2v) is 5.97. The SMILES string of the molecule is Cc1ccc2oc(=O)c(C(=O)Nc3cccc4ccccc34)cc2c1. The Hall–Kier alpha value is -3.40. The van der Waals surface area contributed by atoms with Crippen LogP contribution in [0.2, 0.25) is 0 Å². The maximum Gasteiger partial charge on any atom is 0.349 e. The molecular formula is C21H15NO3. The van der Waals surface area contributed by atoms with E-state index in [4.69, 9.17) is 4.42 Å². The lowest BCUT2D eigenvalue weighted by molar-refractivity contribution is 0.102. The first-order chi connectivity index (χ1) is 12.1. The molecule has 0 aliphatic carbocycles. The van der Waals surface area contributed by atoms with Crippen molar-refractivity contribution in [2.75, 3.05) is 5.32 Å². The lowest BCUT2D eigenvalue weighted by Crippen LogP contribution is -2.20. The summed E-state index contributed by atoms with van der Waals surface area (Å²) in [6, 6.07) is 20.4. The van der Waals surface area contributed by atoms with E-state index in [1.807, 2.05) is 61.5 Å². The molecule has 1 aromatic heterocycles. The molecule has 1 amide bonds. The summed E-state index contributed by atoms with van der Waals surface area (Å²) in [6.07, 6.45) is 0. The van der Waals surface area contributed by atoms with Gasteiger partial charge < -0.3 is 9.73 Å². The van der Waals surface area contributed by atoms with Gasteiger partial charge in [0.05, 0.1) is 0 Å². The molecule has 0 spiro atoms. The zero-order valence-electron chi connectivity index (χ0n) is 13.6. The van der Waals surface area contributed by atoms with Gasteiger partial charge in [-0.15, -0.1) is 0 Å². The van der Waals surface area contributed by atoms with Crippen LogP contribution in [-0.4, -0.2) is 5.91 Å². The molecule has 0 radical (unpaired) electrons. The maximum absolute atomic E-state index is 12.6. The Morgan fingerprint density at radius 2 is 1.72 bits per heavy atom. The minimum absolute atomic E-state index is 0.00830. The summed E-state index contributed by atoms with van der Waals surface area (Å²) in [7, 11) is 0. The van der Waals surface area contributed by atoms with Gasteiger partial charge in [0, 0.05) is 16.5 Å². The number of amides is 1. The van der Waals surface area contributed by atoms with E-state index in [2.05, 4.69) is 5.32 Å². The van der Waals surface area contributed by atoms with E-state index < -0.39 is 11.5 Å². The van der Waals surface area contributed by atoms with Crippen LogP contribution in [0.5, 0.6) is 0 Å². The fourth-order valence-electron chi connectivity index (χ4n) is 2.93. The van der Waals surface area contributed by atoms with Crippen LogP contribution in [-0.2, 0) is 0 Å². The number of nitrogens with one attached hydrogen (secondary N) is 1. The van der Waals surface area contributed by atoms with Gasteiger partial charge in [-0.05, 0) is 36.6 Å². The van der Waals surface area contributed by atoms with Gasteiger partial charge in [0.1, 0.15) is 11.1 Å². The Labute approximate surface area is 143 Å². The van der Waals surface area contributed by atoms with Gasteiger partial charge in [-0.3, -0.25) is 4.79 Å².